The summed E-state index contributed by atoms with van der Waals surface area (Å²) in [5, 5.41) is 9.91. The van der Waals surface area contributed by atoms with E-state index in [-0.39, 0.29) is 0 Å². The van der Waals surface area contributed by atoms with Crippen LogP contribution in [0.5, 0.6) is 5.75 Å². The van der Waals surface area contributed by atoms with Crippen molar-refractivity contribution >= 4 is 5.76 Å². The summed E-state index contributed by atoms with van der Waals surface area (Å²) in [5.41, 5.74) is 3.69. The number of benzene rings is 1. The van der Waals surface area contributed by atoms with Crippen LogP contribution in [0.15, 0.2) is 23.8 Å². The molecule has 0 saturated heterocycles. The van der Waals surface area contributed by atoms with E-state index in [1.54, 1.807) is 18.7 Å². The van der Waals surface area contributed by atoms with Gasteiger partial charge in [0.1, 0.15) is 11.5 Å². The molecule has 112 valence electrons. The van der Waals surface area contributed by atoms with Crippen LogP contribution >= 0.6 is 0 Å². The first kappa shape index (κ1) is 13.2. The molecular formula is C19H24O2. The van der Waals surface area contributed by atoms with Crippen LogP contribution in [0.3, 0.4) is 0 Å². The van der Waals surface area contributed by atoms with Crippen molar-refractivity contribution < 1.29 is 9.84 Å². The molecule has 0 spiro atoms. The molecule has 1 aromatic carbocycles. The summed E-state index contributed by atoms with van der Waals surface area (Å²) in [4.78, 5) is 0. The lowest BCUT2D eigenvalue weighted by atomic mass is 9.54. The second-order valence-corrected chi connectivity index (χ2v) is 7.35. The van der Waals surface area contributed by atoms with E-state index in [1.807, 2.05) is 13.0 Å². The number of hydrogen-bond acceptors (Lipinski definition) is 2. The first-order valence-corrected chi connectivity index (χ1v) is 8.23. The van der Waals surface area contributed by atoms with E-state index in [9.17, 15) is 5.11 Å². The quantitative estimate of drug-likeness (QED) is 0.809. The number of phenolic OH excluding ortho intramolecular Hbond substituents is 1. The van der Waals surface area contributed by atoms with Gasteiger partial charge in [0.05, 0.1) is 7.11 Å². The molecule has 5 rings (SSSR count). The minimum absolute atomic E-state index is 0.337. The second kappa shape index (κ2) is 4.79. The highest BCUT2D eigenvalue weighted by Gasteiger charge is 2.46. The third-order valence-corrected chi connectivity index (χ3v) is 5.81. The third-order valence-electron chi connectivity index (χ3n) is 5.81. The van der Waals surface area contributed by atoms with Gasteiger partial charge >= 0.3 is 0 Å². The summed E-state index contributed by atoms with van der Waals surface area (Å²) in [6, 6.07) is 5.79. The van der Waals surface area contributed by atoms with Crippen molar-refractivity contribution in [2.24, 2.45) is 23.7 Å². The van der Waals surface area contributed by atoms with Crippen molar-refractivity contribution in [3.05, 3.63) is 34.9 Å². The number of hydrogen-bond donors (Lipinski definition) is 1. The van der Waals surface area contributed by atoms with Gasteiger partial charge in [0.2, 0.25) is 0 Å². The zero-order valence-corrected chi connectivity index (χ0v) is 12.9. The van der Waals surface area contributed by atoms with Gasteiger partial charge < -0.3 is 9.84 Å². The highest BCUT2D eigenvalue weighted by Crippen LogP contribution is 2.57. The predicted molar refractivity (Wildman–Crippen MR) is 83.8 cm³/mol. The Morgan fingerprint density at radius 2 is 1.62 bits per heavy atom. The standard InChI is InChI=1S/C19H24O2/c1-11-3-16(10-17(20)4-11)19(21-2)18-14-6-12-5-13(8-14)9-15(18)7-12/h3-4,10,12-15,20H,5-9H2,1-2H3. The Morgan fingerprint density at radius 3 is 2.14 bits per heavy atom. The molecular weight excluding hydrogens is 260 g/mol. The van der Waals surface area contributed by atoms with Crippen LogP contribution in [0.1, 0.15) is 43.2 Å². The number of phenols is 1. The van der Waals surface area contributed by atoms with Crippen LogP contribution in [0.25, 0.3) is 5.76 Å². The number of methoxy groups -OCH3 is 1. The zero-order valence-electron chi connectivity index (χ0n) is 12.9. The maximum absolute atomic E-state index is 9.91. The van der Waals surface area contributed by atoms with Crippen LogP contribution in [0.4, 0.5) is 0 Å². The molecule has 4 fully saturated rings. The molecule has 2 nitrogen and oxygen atoms in total. The molecule has 4 saturated carbocycles. The van der Waals surface area contributed by atoms with Crippen molar-refractivity contribution in [3.8, 4) is 5.75 Å². The van der Waals surface area contributed by atoms with Crippen molar-refractivity contribution in [2.45, 2.75) is 39.0 Å². The van der Waals surface area contributed by atoms with E-state index in [0.29, 0.717) is 5.75 Å². The smallest absolute Gasteiger partial charge is 0.125 e. The van der Waals surface area contributed by atoms with E-state index in [4.69, 9.17) is 4.74 Å². The first-order chi connectivity index (χ1) is 10.1. The Morgan fingerprint density at radius 1 is 1.00 bits per heavy atom. The van der Waals surface area contributed by atoms with Crippen LogP contribution in [-0.2, 0) is 4.74 Å². The van der Waals surface area contributed by atoms with Gasteiger partial charge in [-0.3, -0.25) is 0 Å². The Hall–Kier alpha value is -1.44. The van der Waals surface area contributed by atoms with Gasteiger partial charge in [0, 0.05) is 5.56 Å². The normalized spacial score (nSPS) is 33.3. The van der Waals surface area contributed by atoms with Gasteiger partial charge in [-0.05, 0) is 92.0 Å². The molecule has 4 aliphatic carbocycles. The number of aryl methyl sites for hydroxylation is 1. The van der Waals surface area contributed by atoms with Gasteiger partial charge in [-0.25, -0.2) is 0 Å². The van der Waals surface area contributed by atoms with E-state index < -0.39 is 0 Å². The summed E-state index contributed by atoms with van der Waals surface area (Å²) in [6.45, 7) is 2.03. The summed E-state index contributed by atoms with van der Waals surface area (Å²) < 4.78 is 5.84. The van der Waals surface area contributed by atoms with Crippen molar-refractivity contribution in [1.29, 1.82) is 0 Å². The average molecular weight is 284 g/mol. The largest absolute Gasteiger partial charge is 0.508 e. The van der Waals surface area contributed by atoms with Crippen LogP contribution < -0.4 is 0 Å². The molecule has 1 aromatic rings. The maximum atomic E-state index is 9.91. The summed E-state index contributed by atoms with van der Waals surface area (Å²) >= 11 is 0. The molecule has 0 unspecified atom stereocenters. The Balaban J connectivity index is 1.80. The maximum Gasteiger partial charge on any atom is 0.125 e. The Labute approximate surface area is 126 Å². The number of aromatic hydroxyl groups is 1. The van der Waals surface area contributed by atoms with E-state index in [1.165, 1.54) is 32.1 Å². The zero-order chi connectivity index (χ0) is 14.6. The molecule has 0 aromatic heterocycles. The summed E-state index contributed by atoms with van der Waals surface area (Å²) in [7, 11) is 1.78. The molecule has 0 heterocycles. The van der Waals surface area contributed by atoms with Gasteiger partial charge in [0.15, 0.2) is 0 Å². The van der Waals surface area contributed by atoms with E-state index in [2.05, 4.69) is 6.07 Å². The fraction of sp³-hybridized carbons (Fsp3) is 0.579. The van der Waals surface area contributed by atoms with Gasteiger partial charge in [-0.15, -0.1) is 0 Å². The molecule has 0 atom stereocenters. The van der Waals surface area contributed by atoms with Crippen molar-refractivity contribution in [1.82, 2.24) is 0 Å². The van der Waals surface area contributed by atoms with Crippen molar-refractivity contribution in [3.63, 3.8) is 0 Å². The number of ether oxygens (including phenoxy) is 1. The summed E-state index contributed by atoms with van der Waals surface area (Å²) in [5.74, 6) is 4.74. The molecule has 0 aliphatic heterocycles. The SMILES string of the molecule is COC(=C1C2CC3CC(C2)CC1C3)c1cc(C)cc(O)c1. The highest BCUT2D eigenvalue weighted by molar-refractivity contribution is 5.66. The van der Waals surface area contributed by atoms with Gasteiger partial charge in [0.25, 0.3) is 0 Å². The molecule has 1 N–H and O–H groups in total. The van der Waals surface area contributed by atoms with Gasteiger partial charge in [-0.2, -0.15) is 0 Å². The van der Waals surface area contributed by atoms with Crippen LogP contribution in [0, 0.1) is 30.6 Å². The summed E-state index contributed by atoms with van der Waals surface area (Å²) in [6.07, 6.45) is 6.88. The highest BCUT2D eigenvalue weighted by atomic mass is 16.5. The van der Waals surface area contributed by atoms with Crippen LogP contribution in [-0.4, -0.2) is 12.2 Å². The second-order valence-electron chi connectivity index (χ2n) is 7.35. The lowest BCUT2D eigenvalue weighted by Crippen LogP contribution is -2.40. The fourth-order valence-electron chi connectivity index (χ4n) is 5.36. The number of rotatable bonds is 2. The van der Waals surface area contributed by atoms with E-state index >= 15 is 0 Å². The minimum Gasteiger partial charge on any atom is -0.508 e. The predicted octanol–water partition coefficient (Wildman–Crippen LogP) is 4.51. The lowest BCUT2D eigenvalue weighted by Gasteiger charge is -2.51. The molecule has 4 aliphatic rings. The first-order valence-electron chi connectivity index (χ1n) is 8.23. The molecule has 4 bridgehead atoms. The number of allylic oxidation sites excluding steroid dienone is 1. The lowest BCUT2D eigenvalue weighted by molar-refractivity contribution is 0.0675. The van der Waals surface area contributed by atoms with Crippen molar-refractivity contribution in [2.75, 3.05) is 7.11 Å². The monoisotopic (exact) mass is 284 g/mol. The Bertz CT molecular complexity index is 549. The van der Waals surface area contributed by atoms with Crippen LogP contribution in [0.2, 0.25) is 0 Å². The molecule has 2 heteroatoms. The molecule has 21 heavy (non-hydrogen) atoms. The van der Waals surface area contributed by atoms with E-state index in [0.717, 1.165) is 40.6 Å². The molecule has 0 radical (unpaired) electrons. The fourth-order valence-corrected chi connectivity index (χ4v) is 5.36. The van der Waals surface area contributed by atoms with Gasteiger partial charge in [-0.1, -0.05) is 0 Å². The molecule has 0 amide bonds. The minimum atomic E-state index is 0.337. The Kier molecular flexibility index (Phi) is 3.02. The third kappa shape index (κ3) is 2.16. The average Bonchev–Trinajstić information content (AvgIpc) is 2.40. The topological polar surface area (TPSA) is 29.5 Å².